The number of methoxy groups -OCH3 is 3. The number of hydrazone groups is 1. The van der Waals surface area contributed by atoms with E-state index in [9.17, 15) is 9.59 Å². The van der Waals surface area contributed by atoms with Crippen molar-refractivity contribution >= 4 is 23.7 Å². The normalized spacial score (nSPS) is 10.4. The van der Waals surface area contributed by atoms with Crippen molar-refractivity contribution in [2.75, 3.05) is 26.6 Å². The largest absolute Gasteiger partial charge is 0.493 e. The molecular formula is C19H21N3O5. The lowest BCUT2D eigenvalue weighted by molar-refractivity contribution is -0.136. The van der Waals surface area contributed by atoms with Crippen LogP contribution in [0.2, 0.25) is 0 Å². The summed E-state index contributed by atoms with van der Waals surface area (Å²) in [6.07, 6.45) is 1.35. The van der Waals surface area contributed by atoms with Gasteiger partial charge in [-0.15, -0.1) is 0 Å². The summed E-state index contributed by atoms with van der Waals surface area (Å²) in [6, 6.07) is 10.4. The first-order valence-electron chi connectivity index (χ1n) is 8.00. The molecule has 0 heterocycles. The molecule has 0 saturated carbocycles. The Morgan fingerprint density at radius 3 is 2.15 bits per heavy atom. The minimum Gasteiger partial charge on any atom is -0.493 e. The summed E-state index contributed by atoms with van der Waals surface area (Å²) < 4.78 is 15.8. The fraction of sp³-hybridized carbons (Fsp3) is 0.211. The monoisotopic (exact) mass is 371 g/mol. The van der Waals surface area contributed by atoms with Gasteiger partial charge in [-0.2, -0.15) is 5.10 Å². The summed E-state index contributed by atoms with van der Waals surface area (Å²) in [5, 5.41) is 6.28. The Morgan fingerprint density at radius 2 is 1.56 bits per heavy atom. The maximum absolute atomic E-state index is 11.9. The third-order valence-corrected chi connectivity index (χ3v) is 3.62. The number of nitrogens with one attached hydrogen (secondary N) is 2. The quantitative estimate of drug-likeness (QED) is 0.460. The molecule has 27 heavy (non-hydrogen) atoms. The van der Waals surface area contributed by atoms with Gasteiger partial charge in [0, 0.05) is 11.3 Å². The lowest BCUT2D eigenvalue weighted by Crippen LogP contribution is -2.32. The molecule has 0 spiro atoms. The van der Waals surface area contributed by atoms with E-state index in [1.165, 1.54) is 27.5 Å². The van der Waals surface area contributed by atoms with Crippen molar-refractivity contribution in [1.82, 2.24) is 5.43 Å². The summed E-state index contributed by atoms with van der Waals surface area (Å²) in [5.41, 5.74) is 4.27. The van der Waals surface area contributed by atoms with Gasteiger partial charge in [-0.1, -0.05) is 17.7 Å². The van der Waals surface area contributed by atoms with E-state index in [1.807, 2.05) is 19.1 Å². The molecule has 0 bridgehead atoms. The molecule has 142 valence electrons. The number of benzene rings is 2. The third-order valence-electron chi connectivity index (χ3n) is 3.62. The van der Waals surface area contributed by atoms with Crippen LogP contribution in [0.15, 0.2) is 41.5 Å². The number of aryl methyl sites for hydroxylation is 1. The minimum absolute atomic E-state index is 0.388. The van der Waals surface area contributed by atoms with E-state index in [2.05, 4.69) is 15.8 Å². The topological polar surface area (TPSA) is 98.2 Å². The van der Waals surface area contributed by atoms with E-state index in [0.717, 1.165) is 5.56 Å². The predicted molar refractivity (Wildman–Crippen MR) is 102 cm³/mol. The van der Waals surface area contributed by atoms with E-state index >= 15 is 0 Å². The zero-order valence-corrected chi connectivity index (χ0v) is 15.5. The first kappa shape index (κ1) is 19.8. The zero-order valence-electron chi connectivity index (χ0n) is 15.5. The molecular weight excluding hydrogens is 350 g/mol. The number of amides is 2. The molecule has 8 heteroatoms. The molecule has 2 aromatic carbocycles. The van der Waals surface area contributed by atoms with Crippen LogP contribution >= 0.6 is 0 Å². The Hall–Kier alpha value is -3.55. The second kappa shape index (κ2) is 9.23. The van der Waals surface area contributed by atoms with Gasteiger partial charge < -0.3 is 19.5 Å². The van der Waals surface area contributed by atoms with Crippen LogP contribution in [0.5, 0.6) is 17.2 Å². The summed E-state index contributed by atoms with van der Waals surface area (Å²) in [5.74, 6) is -0.444. The van der Waals surface area contributed by atoms with Crippen LogP contribution in [0.1, 0.15) is 11.1 Å². The Kier molecular flexibility index (Phi) is 6.76. The average molecular weight is 371 g/mol. The molecule has 0 aliphatic carbocycles. The molecule has 0 saturated heterocycles. The molecule has 0 atom stereocenters. The van der Waals surface area contributed by atoms with Gasteiger partial charge in [0.25, 0.3) is 0 Å². The Balaban J connectivity index is 2.05. The van der Waals surface area contributed by atoms with Gasteiger partial charge in [0.2, 0.25) is 5.75 Å². The molecule has 0 aliphatic heterocycles. The molecule has 2 amide bonds. The molecule has 8 nitrogen and oxygen atoms in total. The highest BCUT2D eigenvalue weighted by Gasteiger charge is 2.15. The molecule has 2 rings (SSSR count). The number of rotatable bonds is 6. The van der Waals surface area contributed by atoms with E-state index in [1.54, 1.807) is 24.3 Å². The number of carbonyl (C=O) groups excluding carboxylic acids is 2. The van der Waals surface area contributed by atoms with Crippen molar-refractivity contribution in [3.05, 3.63) is 47.5 Å². The summed E-state index contributed by atoms with van der Waals surface area (Å²) in [7, 11) is 4.47. The second-order valence-corrected chi connectivity index (χ2v) is 5.44. The number of hydrogen-bond acceptors (Lipinski definition) is 6. The SMILES string of the molecule is COc1ccc(/C=N\NC(=O)C(=O)Nc2ccc(C)cc2)c(OC)c1OC. The van der Waals surface area contributed by atoms with Gasteiger partial charge in [-0.3, -0.25) is 9.59 Å². The number of hydrogen-bond donors (Lipinski definition) is 2. The average Bonchev–Trinajstić information content (AvgIpc) is 2.68. The van der Waals surface area contributed by atoms with Crippen LogP contribution in [0.4, 0.5) is 5.69 Å². The number of carbonyl (C=O) groups is 2. The Morgan fingerprint density at radius 1 is 0.889 bits per heavy atom. The Labute approximate surface area is 157 Å². The van der Waals surface area contributed by atoms with Crippen LogP contribution in [0, 0.1) is 6.92 Å². The third kappa shape index (κ3) is 4.97. The number of ether oxygens (including phenoxy) is 3. The lowest BCUT2D eigenvalue weighted by atomic mass is 10.2. The van der Waals surface area contributed by atoms with E-state index in [-0.39, 0.29) is 0 Å². The van der Waals surface area contributed by atoms with Gasteiger partial charge in [-0.25, -0.2) is 5.43 Å². The zero-order chi connectivity index (χ0) is 19.8. The van der Waals surface area contributed by atoms with Gasteiger partial charge in [0.05, 0.1) is 27.5 Å². The highest BCUT2D eigenvalue weighted by atomic mass is 16.5. The van der Waals surface area contributed by atoms with Crippen molar-refractivity contribution in [2.24, 2.45) is 5.10 Å². The number of anilines is 1. The molecule has 0 aliphatic rings. The molecule has 2 aromatic rings. The van der Waals surface area contributed by atoms with E-state index < -0.39 is 11.8 Å². The molecule has 0 radical (unpaired) electrons. The van der Waals surface area contributed by atoms with Gasteiger partial charge in [0.15, 0.2) is 11.5 Å². The standard InChI is InChI=1S/C19H21N3O5/c1-12-5-8-14(9-6-12)21-18(23)19(24)22-20-11-13-7-10-15(25-2)17(27-4)16(13)26-3/h5-11H,1-4H3,(H,21,23)(H,22,24)/b20-11-. The Bertz CT molecular complexity index is 847. The van der Waals surface area contributed by atoms with Crippen molar-refractivity contribution in [3.8, 4) is 17.2 Å². The van der Waals surface area contributed by atoms with Crippen molar-refractivity contribution in [2.45, 2.75) is 6.92 Å². The molecule has 2 N–H and O–H groups in total. The van der Waals surface area contributed by atoms with Crippen LogP contribution in [-0.4, -0.2) is 39.4 Å². The van der Waals surface area contributed by atoms with Crippen LogP contribution in [-0.2, 0) is 9.59 Å². The van der Waals surface area contributed by atoms with Crippen molar-refractivity contribution in [3.63, 3.8) is 0 Å². The fourth-order valence-electron chi connectivity index (χ4n) is 2.26. The van der Waals surface area contributed by atoms with Crippen molar-refractivity contribution in [1.29, 1.82) is 0 Å². The van der Waals surface area contributed by atoms with Crippen LogP contribution in [0.25, 0.3) is 0 Å². The molecule has 0 fully saturated rings. The first-order valence-corrected chi connectivity index (χ1v) is 8.00. The predicted octanol–water partition coefficient (Wildman–Crippen LogP) is 2.11. The van der Waals surface area contributed by atoms with Gasteiger partial charge in [-0.05, 0) is 31.2 Å². The van der Waals surface area contributed by atoms with Crippen molar-refractivity contribution < 1.29 is 23.8 Å². The minimum atomic E-state index is -0.897. The lowest BCUT2D eigenvalue weighted by Gasteiger charge is -2.13. The summed E-state index contributed by atoms with van der Waals surface area (Å²) >= 11 is 0. The fourth-order valence-corrected chi connectivity index (χ4v) is 2.26. The maximum Gasteiger partial charge on any atom is 0.329 e. The van der Waals surface area contributed by atoms with Crippen LogP contribution < -0.4 is 25.0 Å². The van der Waals surface area contributed by atoms with E-state index in [4.69, 9.17) is 14.2 Å². The van der Waals surface area contributed by atoms with Gasteiger partial charge in [0.1, 0.15) is 0 Å². The highest BCUT2D eigenvalue weighted by Crippen LogP contribution is 2.38. The van der Waals surface area contributed by atoms with Gasteiger partial charge >= 0.3 is 11.8 Å². The maximum atomic E-state index is 11.9. The smallest absolute Gasteiger partial charge is 0.329 e. The number of nitrogens with zero attached hydrogens (tertiary/aromatic N) is 1. The molecule has 0 aromatic heterocycles. The second-order valence-electron chi connectivity index (χ2n) is 5.44. The molecule has 0 unspecified atom stereocenters. The summed E-state index contributed by atoms with van der Waals surface area (Å²) in [6.45, 7) is 1.93. The van der Waals surface area contributed by atoms with Crippen LogP contribution in [0.3, 0.4) is 0 Å². The van der Waals surface area contributed by atoms with E-state index in [0.29, 0.717) is 28.5 Å². The first-order chi connectivity index (χ1) is 13.0. The highest BCUT2D eigenvalue weighted by molar-refractivity contribution is 6.39. The summed E-state index contributed by atoms with van der Waals surface area (Å²) in [4.78, 5) is 23.8.